The molecule has 180 valence electrons. The van der Waals surface area contributed by atoms with E-state index in [4.69, 9.17) is 37.7 Å². The van der Waals surface area contributed by atoms with Gasteiger partial charge in [0.25, 0.3) is 0 Å². The van der Waals surface area contributed by atoms with Gasteiger partial charge in [-0.2, -0.15) is 0 Å². The zero-order chi connectivity index (χ0) is 24.8. The second kappa shape index (κ2) is 8.85. The van der Waals surface area contributed by atoms with Crippen molar-refractivity contribution < 1.29 is 23.8 Å². The number of carbonyl (C=O) groups is 1. The van der Waals surface area contributed by atoms with Crippen LogP contribution in [-0.2, 0) is 0 Å². The summed E-state index contributed by atoms with van der Waals surface area (Å²) in [6, 6.07) is 18.7. The first-order valence-corrected chi connectivity index (χ1v) is 11.8. The van der Waals surface area contributed by atoms with Gasteiger partial charge in [-0.1, -0.05) is 17.7 Å². The van der Waals surface area contributed by atoms with Crippen LogP contribution in [-0.4, -0.2) is 28.0 Å². The molecule has 2 N–H and O–H groups in total. The van der Waals surface area contributed by atoms with Crippen LogP contribution in [0.15, 0.2) is 77.3 Å². The molecular formula is C26H18ClN3O5S. The molecule has 2 aliphatic heterocycles. The van der Waals surface area contributed by atoms with Gasteiger partial charge in [-0.25, -0.2) is 4.79 Å². The molecular weight excluding hydrogens is 502 g/mol. The number of carboxylic acid groups (broad SMARTS) is 1. The molecule has 36 heavy (non-hydrogen) atoms. The smallest absolute Gasteiger partial charge is 0.335 e. The molecule has 0 aliphatic carbocycles. The lowest BCUT2D eigenvalue weighted by Gasteiger charge is -2.26. The molecule has 1 fully saturated rings. The molecule has 2 aromatic carbocycles. The second-order valence-corrected chi connectivity index (χ2v) is 9.03. The first-order chi connectivity index (χ1) is 17.5. The van der Waals surface area contributed by atoms with Gasteiger partial charge in [-0.15, -0.1) is 0 Å². The van der Waals surface area contributed by atoms with Crippen molar-refractivity contribution in [2.24, 2.45) is 0 Å². The average molecular weight is 520 g/mol. The quantitative estimate of drug-likeness (QED) is 0.326. The molecule has 2 atom stereocenters. The van der Waals surface area contributed by atoms with Crippen LogP contribution in [0.4, 0.5) is 5.69 Å². The number of aromatic carboxylic acids is 1. The van der Waals surface area contributed by atoms with E-state index in [-0.39, 0.29) is 18.4 Å². The molecule has 6 rings (SSSR count). The third-order valence-electron chi connectivity index (χ3n) is 6.13. The maximum atomic E-state index is 11.5. The number of ether oxygens (including phenoxy) is 2. The van der Waals surface area contributed by atoms with Crippen molar-refractivity contribution in [1.82, 2.24) is 10.3 Å². The van der Waals surface area contributed by atoms with Crippen molar-refractivity contribution in [3.8, 4) is 22.8 Å². The summed E-state index contributed by atoms with van der Waals surface area (Å²) < 4.78 is 17.4. The fourth-order valence-corrected chi connectivity index (χ4v) is 5.02. The van der Waals surface area contributed by atoms with Gasteiger partial charge in [0.2, 0.25) is 6.79 Å². The number of nitrogens with zero attached hydrogens (tertiary/aromatic N) is 2. The van der Waals surface area contributed by atoms with E-state index in [0.717, 1.165) is 11.4 Å². The molecule has 0 spiro atoms. The molecule has 0 amide bonds. The molecule has 4 aromatic rings. The Labute approximate surface area is 216 Å². The summed E-state index contributed by atoms with van der Waals surface area (Å²) in [5.41, 5.74) is 2.19. The predicted octanol–water partition coefficient (Wildman–Crippen LogP) is 5.60. The topological polar surface area (TPSA) is 97.1 Å². The van der Waals surface area contributed by atoms with Crippen LogP contribution < -0.4 is 19.7 Å². The lowest BCUT2D eigenvalue weighted by molar-refractivity contribution is 0.0697. The Morgan fingerprint density at radius 2 is 1.94 bits per heavy atom. The maximum Gasteiger partial charge on any atom is 0.335 e. The zero-order valence-corrected chi connectivity index (χ0v) is 20.1. The Balaban J connectivity index is 1.45. The molecule has 0 radical (unpaired) electrons. The van der Waals surface area contributed by atoms with Crippen molar-refractivity contribution >= 4 is 40.6 Å². The van der Waals surface area contributed by atoms with E-state index in [0.29, 0.717) is 38.7 Å². The van der Waals surface area contributed by atoms with Gasteiger partial charge in [-0.3, -0.25) is 4.98 Å². The third-order valence-corrected chi connectivity index (χ3v) is 6.77. The summed E-state index contributed by atoms with van der Waals surface area (Å²) in [5.74, 6) is 1.30. The minimum Gasteiger partial charge on any atom is -0.478 e. The van der Waals surface area contributed by atoms with Crippen molar-refractivity contribution in [1.29, 1.82) is 0 Å². The lowest BCUT2D eigenvalue weighted by atomic mass is 10.0. The Hall–Kier alpha value is -4.08. The molecule has 10 heteroatoms. The first kappa shape index (κ1) is 22.4. The maximum absolute atomic E-state index is 11.5. The number of fused-ring (bicyclic) bond motifs is 1. The Kier molecular flexibility index (Phi) is 5.50. The van der Waals surface area contributed by atoms with E-state index in [1.54, 1.807) is 18.3 Å². The summed E-state index contributed by atoms with van der Waals surface area (Å²) in [4.78, 5) is 18.0. The Morgan fingerprint density at radius 3 is 2.75 bits per heavy atom. The number of thiocarbonyl (C=S) groups is 1. The molecule has 1 saturated heterocycles. The van der Waals surface area contributed by atoms with Crippen LogP contribution in [0.1, 0.15) is 33.9 Å². The summed E-state index contributed by atoms with van der Waals surface area (Å²) >= 11 is 12.2. The second-order valence-electron chi connectivity index (χ2n) is 8.24. The standard InChI is InChI=1S/C26H18ClN3O5S/c27-17-6-4-14(25(31)32)11-16(17)19-8-9-21(35-19)24-23(18-3-1-2-10-28-18)29-26(36)30(24)15-5-7-20-22(12-15)34-13-33-20/h1-12,23-24H,13H2,(H,29,36)(H,31,32)/t23-,24-/m0/s1. The normalized spacial score (nSPS) is 18.4. The number of halogens is 1. The fraction of sp³-hybridized carbons (Fsp3) is 0.115. The highest BCUT2D eigenvalue weighted by Crippen LogP contribution is 2.45. The summed E-state index contributed by atoms with van der Waals surface area (Å²) in [6.45, 7) is 0.166. The number of anilines is 1. The fourth-order valence-electron chi connectivity index (χ4n) is 4.46. The van der Waals surface area contributed by atoms with Crippen LogP contribution in [0.5, 0.6) is 11.5 Å². The van der Waals surface area contributed by atoms with Gasteiger partial charge in [0.15, 0.2) is 16.6 Å². The van der Waals surface area contributed by atoms with E-state index < -0.39 is 12.0 Å². The Morgan fingerprint density at radius 1 is 1.08 bits per heavy atom. The molecule has 4 heterocycles. The van der Waals surface area contributed by atoms with E-state index in [2.05, 4.69) is 10.3 Å². The van der Waals surface area contributed by atoms with Crippen molar-refractivity contribution in [3.05, 3.63) is 95.0 Å². The number of hydrogen-bond acceptors (Lipinski definition) is 6. The molecule has 0 saturated carbocycles. The van der Waals surface area contributed by atoms with E-state index in [1.165, 1.54) is 12.1 Å². The van der Waals surface area contributed by atoms with Gasteiger partial charge >= 0.3 is 5.97 Å². The van der Waals surface area contributed by atoms with Gasteiger partial charge in [0.1, 0.15) is 17.6 Å². The monoisotopic (exact) mass is 519 g/mol. The highest BCUT2D eigenvalue weighted by atomic mass is 35.5. The molecule has 8 nitrogen and oxygen atoms in total. The van der Waals surface area contributed by atoms with E-state index in [1.807, 2.05) is 47.4 Å². The number of furan rings is 1. The number of rotatable bonds is 5. The van der Waals surface area contributed by atoms with Gasteiger partial charge in [0, 0.05) is 23.5 Å². The average Bonchev–Trinajstić information content (AvgIpc) is 3.62. The number of hydrogen-bond donors (Lipinski definition) is 2. The number of carboxylic acids is 1. The molecule has 0 unspecified atom stereocenters. The molecule has 2 aliphatic rings. The number of benzene rings is 2. The van der Waals surface area contributed by atoms with Gasteiger partial charge < -0.3 is 29.2 Å². The van der Waals surface area contributed by atoms with Crippen LogP contribution in [0, 0.1) is 0 Å². The minimum absolute atomic E-state index is 0.115. The summed E-state index contributed by atoms with van der Waals surface area (Å²) in [7, 11) is 0. The van der Waals surface area contributed by atoms with Crippen molar-refractivity contribution in [2.45, 2.75) is 12.1 Å². The lowest BCUT2D eigenvalue weighted by Crippen LogP contribution is -2.29. The van der Waals surface area contributed by atoms with Crippen LogP contribution >= 0.6 is 23.8 Å². The predicted molar refractivity (Wildman–Crippen MR) is 137 cm³/mol. The van der Waals surface area contributed by atoms with E-state index >= 15 is 0 Å². The minimum atomic E-state index is -1.05. The number of pyridine rings is 1. The first-order valence-electron chi connectivity index (χ1n) is 11.0. The van der Waals surface area contributed by atoms with Crippen molar-refractivity contribution in [3.63, 3.8) is 0 Å². The van der Waals surface area contributed by atoms with Crippen molar-refractivity contribution in [2.75, 3.05) is 11.7 Å². The van der Waals surface area contributed by atoms with Crippen LogP contribution in [0.25, 0.3) is 11.3 Å². The van der Waals surface area contributed by atoms with Gasteiger partial charge in [0.05, 0.1) is 22.3 Å². The molecule has 2 aromatic heterocycles. The largest absolute Gasteiger partial charge is 0.478 e. The zero-order valence-electron chi connectivity index (χ0n) is 18.6. The third kappa shape index (κ3) is 3.82. The Bertz CT molecular complexity index is 1490. The highest BCUT2D eigenvalue weighted by Gasteiger charge is 2.43. The van der Waals surface area contributed by atoms with Gasteiger partial charge in [-0.05, 0) is 66.8 Å². The van der Waals surface area contributed by atoms with Crippen LogP contribution in [0.3, 0.4) is 0 Å². The van der Waals surface area contributed by atoms with E-state index in [9.17, 15) is 9.90 Å². The summed E-state index contributed by atoms with van der Waals surface area (Å²) in [5, 5.41) is 13.7. The SMILES string of the molecule is O=C(O)c1ccc(Cl)c(-c2ccc([C@H]3[C@H](c4ccccn4)NC(=S)N3c3ccc4c(c3)OCO4)o2)c1. The highest BCUT2D eigenvalue weighted by molar-refractivity contribution is 7.80. The molecule has 0 bridgehead atoms. The number of nitrogens with one attached hydrogen (secondary N) is 1. The summed E-state index contributed by atoms with van der Waals surface area (Å²) in [6.07, 6.45) is 1.73. The number of aromatic nitrogens is 1. The van der Waals surface area contributed by atoms with Crippen LogP contribution in [0.2, 0.25) is 5.02 Å².